The molecule has 0 radical (unpaired) electrons. The zero-order valence-electron chi connectivity index (χ0n) is 17.7. The Bertz CT molecular complexity index is 1190. The number of aromatic hydroxyl groups is 1. The van der Waals surface area contributed by atoms with Crippen molar-refractivity contribution >= 4 is 22.2 Å². The van der Waals surface area contributed by atoms with Gasteiger partial charge in [-0.2, -0.15) is 13.2 Å². The maximum Gasteiger partial charge on any atom is 0.419 e. The number of benzene rings is 3. The lowest BCUT2D eigenvalue weighted by Gasteiger charge is -2.34. The number of alkyl halides is 3. The van der Waals surface area contributed by atoms with Crippen LogP contribution in [0.15, 0.2) is 64.4 Å². The first-order chi connectivity index (χ1) is 15.2. The van der Waals surface area contributed by atoms with Crippen LogP contribution in [-0.2, 0) is 23.5 Å². The number of fused-ring (bicyclic) bond motifs is 2. The number of rotatable bonds is 5. The number of phenolic OH excluding ortho intramolecular Hbond substituents is 1. The summed E-state index contributed by atoms with van der Waals surface area (Å²) >= 11 is 0. The molecule has 3 aromatic carbocycles. The van der Waals surface area contributed by atoms with Crippen LogP contribution in [0.1, 0.15) is 22.3 Å². The number of halogens is 3. The van der Waals surface area contributed by atoms with Gasteiger partial charge in [-0.05, 0) is 49.2 Å². The fourth-order valence-corrected chi connectivity index (χ4v) is 5.38. The molecular weight excluding hydrogens is 437 g/mol. The first-order valence-corrected chi connectivity index (χ1v) is 11.3. The van der Waals surface area contributed by atoms with E-state index in [0.29, 0.717) is 13.1 Å². The van der Waals surface area contributed by atoms with Gasteiger partial charge in [-0.3, -0.25) is 0 Å². The highest BCUT2D eigenvalue weighted by atomic mass is 32.2. The van der Waals surface area contributed by atoms with Crippen molar-refractivity contribution in [2.45, 2.75) is 36.4 Å². The summed E-state index contributed by atoms with van der Waals surface area (Å²) in [6.07, 6.45) is -4.60. The van der Waals surface area contributed by atoms with Gasteiger partial charge in [0.25, 0.3) is 0 Å². The lowest BCUT2D eigenvalue weighted by atomic mass is 10.1. The van der Waals surface area contributed by atoms with Crippen LogP contribution < -0.4 is 10.2 Å². The second kappa shape index (κ2) is 8.60. The Morgan fingerprint density at radius 2 is 1.75 bits per heavy atom. The molecule has 0 aromatic heterocycles. The highest BCUT2D eigenvalue weighted by Crippen LogP contribution is 2.44. The van der Waals surface area contributed by atoms with Crippen LogP contribution in [-0.4, -0.2) is 22.4 Å². The molecule has 32 heavy (non-hydrogen) atoms. The fourth-order valence-electron chi connectivity index (χ4n) is 3.95. The third-order valence-electron chi connectivity index (χ3n) is 5.74. The van der Waals surface area contributed by atoms with Crippen LogP contribution in [0, 0.1) is 13.8 Å². The van der Waals surface area contributed by atoms with Crippen LogP contribution >= 0.6 is 0 Å². The zero-order valence-corrected chi connectivity index (χ0v) is 18.5. The van der Waals surface area contributed by atoms with E-state index in [2.05, 4.69) is 10.2 Å². The van der Waals surface area contributed by atoms with Crippen molar-refractivity contribution in [3.8, 4) is 5.75 Å². The second-order valence-corrected chi connectivity index (χ2v) is 9.15. The third kappa shape index (κ3) is 4.00. The number of para-hydroxylation sites is 2. The first kappa shape index (κ1) is 22.4. The molecule has 4 rings (SSSR count). The van der Waals surface area contributed by atoms with Crippen LogP contribution in [0.3, 0.4) is 0 Å². The molecular formula is C24H23F3N2O2S. The van der Waals surface area contributed by atoms with Gasteiger partial charge in [0.05, 0.1) is 37.5 Å². The Balaban J connectivity index is 1.56. The molecule has 3 aromatic rings. The largest absolute Gasteiger partial charge is 0.507 e. The van der Waals surface area contributed by atoms with Crippen LogP contribution in [0.5, 0.6) is 5.75 Å². The molecule has 0 amide bonds. The number of aryl methyl sites for hydroxylation is 1. The van der Waals surface area contributed by atoms with Crippen molar-refractivity contribution < 1.29 is 22.5 Å². The van der Waals surface area contributed by atoms with E-state index in [4.69, 9.17) is 0 Å². The molecule has 0 aliphatic carbocycles. The topological polar surface area (TPSA) is 52.6 Å². The fraction of sp³-hybridized carbons (Fsp3) is 0.250. The Labute approximate surface area is 187 Å². The molecule has 4 nitrogen and oxygen atoms in total. The van der Waals surface area contributed by atoms with Gasteiger partial charge in [-0.1, -0.05) is 30.3 Å². The number of phenols is 1. The van der Waals surface area contributed by atoms with E-state index in [1.807, 2.05) is 50.2 Å². The van der Waals surface area contributed by atoms with Crippen molar-refractivity contribution in [2.24, 2.45) is 0 Å². The molecule has 0 saturated carbocycles. The van der Waals surface area contributed by atoms with Crippen LogP contribution in [0.4, 0.5) is 24.5 Å². The normalized spacial score (nSPS) is 15.4. The molecule has 1 unspecified atom stereocenters. The summed E-state index contributed by atoms with van der Waals surface area (Å²) in [6.45, 7) is 5.07. The van der Waals surface area contributed by atoms with Crippen LogP contribution in [0.25, 0.3) is 0 Å². The first-order valence-electron chi connectivity index (χ1n) is 10.2. The summed E-state index contributed by atoms with van der Waals surface area (Å²) < 4.78 is 52.2. The predicted molar refractivity (Wildman–Crippen MR) is 119 cm³/mol. The minimum absolute atomic E-state index is 0.0941. The second-order valence-electron chi connectivity index (χ2n) is 7.73. The molecule has 1 aliphatic rings. The SMILES string of the molecule is Cc1ccc2c(c1C)N(CCNCc1cccc(C(F)(F)F)c1O)c1ccccc1S2=O. The van der Waals surface area contributed by atoms with E-state index in [-0.39, 0.29) is 12.1 Å². The Morgan fingerprint density at radius 1 is 1.00 bits per heavy atom. The summed E-state index contributed by atoms with van der Waals surface area (Å²) in [6, 6.07) is 15.0. The van der Waals surface area contributed by atoms with Crippen molar-refractivity contribution in [3.05, 3.63) is 76.9 Å². The standard InChI is InChI=1S/C24H23F3N2O2S/c1-15-10-11-21-22(16(15)2)29(19-8-3-4-9-20(19)32(21)31)13-12-28-14-17-6-5-7-18(23(17)30)24(25,26)27/h3-11,28,30H,12-14H2,1-2H3. The average Bonchev–Trinajstić information content (AvgIpc) is 2.75. The summed E-state index contributed by atoms with van der Waals surface area (Å²) in [7, 11) is -1.28. The van der Waals surface area contributed by atoms with Gasteiger partial charge in [0.1, 0.15) is 5.75 Å². The summed E-state index contributed by atoms with van der Waals surface area (Å²) in [5.41, 5.74) is 3.05. The Hall–Kier alpha value is -2.84. The molecule has 1 atom stereocenters. The molecule has 8 heteroatoms. The van der Waals surface area contributed by atoms with E-state index in [0.717, 1.165) is 38.4 Å². The minimum Gasteiger partial charge on any atom is -0.507 e. The maximum atomic E-state index is 13.1. The van der Waals surface area contributed by atoms with Crippen molar-refractivity contribution in [2.75, 3.05) is 18.0 Å². The average molecular weight is 461 g/mol. The summed E-state index contributed by atoms with van der Waals surface area (Å²) in [5, 5.41) is 13.2. The monoisotopic (exact) mass is 460 g/mol. The number of hydrogen-bond donors (Lipinski definition) is 2. The highest BCUT2D eigenvalue weighted by Gasteiger charge is 2.34. The van der Waals surface area contributed by atoms with Gasteiger partial charge < -0.3 is 15.3 Å². The molecule has 0 saturated heterocycles. The molecule has 0 spiro atoms. The van der Waals surface area contributed by atoms with Gasteiger partial charge >= 0.3 is 6.18 Å². The third-order valence-corrected chi connectivity index (χ3v) is 7.22. The van der Waals surface area contributed by atoms with E-state index in [1.54, 1.807) is 0 Å². The lowest BCUT2D eigenvalue weighted by Crippen LogP contribution is -2.32. The highest BCUT2D eigenvalue weighted by molar-refractivity contribution is 7.85. The molecule has 1 aliphatic heterocycles. The molecule has 0 bridgehead atoms. The van der Waals surface area contributed by atoms with Gasteiger partial charge in [0.15, 0.2) is 0 Å². The van der Waals surface area contributed by atoms with Gasteiger partial charge in [0, 0.05) is 25.2 Å². The van der Waals surface area contributed by atoms with Gasteiger partial charge in [-0.15, -0.1) is 0 Å². The minimum atomic E-state index is -4.60. The summed E-state index contributed by atoms with van der Waals surface area (Å²) in [5.74, 6) is -0.747. The van der Waals surface area contributed by atoms with E-state index < -0.39 is 28.3 Å². The Kier molecular flexibility index (Phi) is 6.01. The number of anilines is 2. The number of nitrogens with zero attached hydrogens (tertiary/aromatic N) is 1. The molecule has 0 fully saturated rings. The van der Waals surface area contributed by atoms with Crippen LogP contribution in [0.2, 0.25) is 0 Å². The van der Waals surface area contributed by atoms with Crippen molar-refractivity contribution in [1.82, 2.24) is 5.32 Å². The lowest BCUT2D eigenvalue weighted by molar-refractivity contribution is -0.138. The maximum absolute atomic E-state index is 13.1. The predicted octanol–water partition coefficient (Wildman–Crippen LogP) is 5.44. The molecule has 2 N–H and O–H groups in total. The number of nitrogens with one attached hydrogen (secondary N) is 1. The van der Waals surface area contributed by atoms with E-state index in [9.17, 15) is 22.5 Å². The van der Waals surface area contributed by atoms with Gasteiger partial charge in [-0.25, -0.2) is 4.21 Å². The smallest absolute Gasteiger partial charge is 0.419 e. The molecule has 168 valence electrons. The Morgan fingerprint density at radius 3 is 2.50 bits per heavy atom. The number of hydrogen-bond acceptors (Lipinski definition) is 4. The van der Waals surface area contributed by atoms with Crippen molar-refractivity contribution in [3.63, 3.8) is 0 Å². The zero-order chi connectivity index (χ0) is 23.0. The van der Waals surface area contributed by atoms with E-state index in [1.165, 1.54) is 12.1 Å². The van der Waals surface area contributed by atoms with E-state index >= 15 is 0 Å². The van der Waals surface area contributed by atoms with Crippen molar-refractivity contribution in [1.29, 1.82) is 0 Å². The quantitative estimate of drug-likeness (QED) is 0.498. The van der Waals surface area contributed by atoms with Gasteiger partial charge in [0.2, 0.25) is 0 Å². The summed E-state index contributed by atoms with van der Waals surface area (Å²) in [4.78, 5) is 3.59. The molecule has 1 heterocycles.